The van der Waals surface area contributed by atoms with Crippen molar-refractivity contribution in [3.05, 3.63) is 38.3 Å². The summed E-state index contributed by atoms with van der Waals surface area (Å²) in [6.45, 7) is 4.30. The molecule has 2 rings (SSSR count). The Kier molecular flexibility index (Phi) is 4.66. The van der Waals surface area contributed by atoms with Crippen LogP contribution in [0.2, 0.25) is 0 Å². The SMILES string of the molecule is CC1(C)CCCCC1NC(=O)c1cccc([N+](=O)[O-])c1Br. The van der Waals surface area contributed by atoms with Gasteiger partial charge in [0.1, 0.15) is 4.47 Å². The lowest BCUT2D eigenvalue weighted by molar-refractivity contribution is -0.385. The predicted molar refractivity (Wildman–Crippen MR) is 84.3 cm³/mol. The van der Waals surface area contributed by atoms with Crippen LogP contribution in [-0.2, 0) is 0 Å². The van der Waals surface area contributed by atoms with E-state index in [1.54, 1.807) is 6.07 Å². The predicted octanol–water partition coefficient (Wildman–Crippen LogP) is 4.06. The minimum absolute atomic E-state index is 0.0566. The van der Waals surface area contributed by atoms with Gasteiger partial charge < -0.3 is 5.32 Å². The summed E-state index contributed by atoms with van der Waals surface area (Å²) in [7, 11) is 0. The molecule has 0 aliphatic heterocycles. The third-order valence-electron chi connectivity index (χ3n) is 4.23. The number of carbonyl (C=O) groups excluding carboxylic acids is 1. The molecule has 1 unspecified atom stereocenters. The van der Waals surface area contributed by atoms with E-state index >= 15 is 0 Å². The van der Waals surface area contributed by atoms with E-state index in [0.29, 0.717) is 5.56 Å². The van der Waals surface area contributed by atoms with Crippen LogP contribution in [0.15, 0.2) is 22.7 Å². The summed E-state index contributed by atoms with van der Waals surface area (Å²) < 4.78 is 0.237. The lowest BCUT2D eigenvalue weighted by Gasteiger charge is -2.39. The van der Waals surface area contributed by atoms with Crippen LogP contribution in [0.25, 0.3) is 0 Å². The summed E-state index contributed by atoms with van der Waals surface area (Å²) in [6.07, 6.45) is 4.31. The Morgan fingerprint density at radius 3 is 2.76 bits per heavy atom. The maximum absolute atomic E-state index is 12.4. The molecule has 0 bridgehead atoms. The van der Waals surface area contributed by atoms with Crippen molar-refractivity contribution in [2.45, 2.75) is 45.6 Å². The normalized spacial score (nSPS) is 20.8. The number of amides is 1. The monoisotopic (exact) mass is 354 g/mol. The summed E-state index contributed by atoms with van der Waals surface area (Å²) in [5.74, 6) is -0.259. The Morgan fingerprint density at radius 1 is 1.43 bits per heavy atom. The van der Waals surface area contributed by atoms with E-state index in [1.807, 2.05) is 0 Å². The minimum atomic E-state index is -0.495. The number of nitrogens with one attached hydrogen (secondary N) is 1. The van der Waals surface area contributed by atoms with Crippen molar-refractivity contribution in [1.82, 2.24) is 5.32 Å². The largest absolute Gasteiger partial charge is 0.349 e. The van der Waals surface area contributed by atoms with Crippen LogP contribution in [0, 0.1) is 15.5 Å². The highest BCUT2D eigenvalue weighted by molar-refractivity contribution is 9.10. The second-order valence-corrected chi connectivity index (χ2v) is 6.95. The molecule has 0 radical (unpaired) electrons. The van der Waals surface area contributed by atoms with Crippen LogP contribution >= 0.6 is 15.9 Å². The molecule has 21 heavy (non-hydrogen) atoms. The van der Waals surface area contributed by atoms with Gasteiger partial charge in [-0.1, -0.05) is 32.8 Å². The van der Waals surface area contributed by atoms with Crippen molar-refractivity contribution in [2.75, 3.05) is 0 Å². The topological polar surface area (TPSA) is 72.2 Å². The number of rotatable bonds is 3. The zero-order valence-corrected chi connectivity index (χ0v) is 13.8. The van der Waals surface area contributed by atoms with Crippen molar-refractivity contribution < 1.29 is 9.72 Å². The fraction of sp³-hybridized carbons (Fsp3) is 0.533. The Labute approximate surface area is 132 Å². The van der Waals surface area contributed by atoms with Gasteiger partial charge in [-0.05, 0) is 40.3 Å². The number of carbonyl (C=O) groups is 1. The summed E-state index contributed by atoms with van der Waals surface area (Å²) in [5.41, 5.74) is 0.275. The van der Waals surface area contributed by atoms with Crippen molar-refractivity contribution >= 4 is 27.5 Å². The van der Waals surface area contributed by atoms with E-state index in [1.165, 1.54) is 18.6 Å². The molecule has 0 aromatic heterocycles. The molecule has 1 aliphatic rings. The van der Waals surface area contributed by atoms with E-state index in [9.17, 15) is 14.9 Å². The number of nitro groups is 1. The van der Waals surface area contributed by atoms with E-state index in [2.05, 4.69) is 35.1 Å². The van der Waals surface area contributed by atoms with Gasteiger partial charge in [-0.15, -0.1) is 0 Å². The van der Waals surface area contributed by atoms with Gasteiger partial charge in [0.25, 0.3) is 11.6 Å². The van der Waals surface area contributed by atoms with E-state index in [0.717, 1.165) is 19.3 Å². The Morgan fingerprint density at radius 2 is 2.14 bits per heavy atom. The number of halogens is 1. The Hall–Kier alpha value is -1.43. The molecule has 1 fully saturated rings. The molecule has 1 aromatic carbocycles. The highest BCUT2D eigenvalue weighted by Gasteiger charge is 2.34. The number of hydrogen-bond donors (Lipinski definition) is 1. The first kappa shape index (κ1) is 15.9. The second kappa shape index (κ2) is 6.13. The van der Waals surface area contributed by atoms with Crippen molar-refractivity contribution in [3.63, 3.8) is 0 Å². The number of nitrogens with zero attached hydrogens (tertiary/aromatic N) is 1. The van der Waals surface area contributed by atoms with Gasteiger partial charge in [-0.3, -0.25) is 14.9 Å². The summed E-state index contributed by atoms with van der Waals surface area (Å²) in [5, 5.41) is 14.0. The zero-order chi connectivity index (χ0) is 15.6. The molecule has 1 aliphatic carbocycles. The number of benzene rings is 1. The van der Waals surface area contributed by atoms with E-state index in [-0.39, 0.29) is 27.5 Å². The van der Waals surface area contributed by atoms with Gasteiger partial charge in [0.15, 0.2) is 0 Å². The van der Waals surface area contributed by atoms with E-state index in [4.69, 9.17) is 0 Å². The molecule has 6 heteroatoms. The average Bonchev–Trinajstić information content (AvgIpc) is 2.40. The second-order valence-electron chi connectivity index (χ2n) is 6.16. The van der Waals surface area contributed by atoms with Crippen molar-refractivity contribution in [3.8, 4) is 0 Å². The van der Waals surface area contributed by atoms with Crippen molar-refractivity contribution in [2.24, 2.45) is 5.41 Å². The lowest BCUT2D eigenvalue weighted by Crippen LogP contribution is -2.46. The molecule has 1 N–H and O–H groups in total. The first-order valence-corrected chi connectivity index (χ1v) is 7.86. The highest BCUT2D eigenvalue weighted by Crippen LogP contribution is 2.36. The highest BCUT2D eigenvalue weighted by atomic mass is 79.9. The average molecular weight is 355 g/mol. The first-order chi connectivity index (χ1) is 9.83. The number of hydrogen-bond acceptors (Lipinski definition) is 3. The summed E-state index contributed by atoms with van der Waals surface area (Å²) in [4.78, 5) is 22.9. The van der Waals surface area contributed by atoms with Crippen LogP contribution in [0.5, 0.6) is 0 Å². The lowest BCUT2D eigenvalue weighted by atomic mass is 9.73. The van der Waals surface area contributed by atoms with Gasteiger partial charge in [-0.2, -0.15) is 0 Å². The molecule has 0 saturated heterocycles. The van der Waals surface area contributed by atoms with Crippen LogP contribution in [0.4, 0.5) is 5.69 Å². The standard InChI is InChI=1S/C15H19BrN2O3/c1-15(2)9-4-3-8-12(15)17-14(19)10-6-5-7-11(13(10)16)18(20)21/h5-7,12H,3-4,8-9H2,1-2H3,(H,17,19). The molecule has 1 aromatic rings. The number of nitro benzene ring substituents is 1. The summed E-state index contributed by atoms with van der Waals surface area (Å²) >= 11 is 3.17. The van der Waals surface area contributed by atoms with Gasteiger partial charge in [0.2, 0.25) is 0 Å². The minimum Gasteiger partial charge on any atom is -0.349 e. The van der Waals surface area contributed by atoms with Crippen LogP contribution in [0.3, 0.4) is 0 Å². The molecule has 5 nitrogen and oxygen atoms in total. The molecule has 1 saturated carbocycles. The Bertz CT molecular complexity index is 572. The first-order valence-electron chi connectivity index (χ1n) is 7.07. The molecule has 0 spiro atoms. The summed E-state index contributed by atoms with van der Waals surface area (Å²) in [6, 6.07) is 4.61. The fourth-order valence-corrected chi connectivity index (χ4v) is 3.42. The molecular formula is C15H19BrN2O3. The third-order valence-corrected chi connectivity index (χ3v) is 5.07. The molecule has 0 heterocycles. The third kappa shape index (κ3) is 3.43. The molecule has 1 amide bonds. The van der Waals surface area contributed by atoms with Crippen LogP contribution in [-0.4, -0.2) is 16.9 Å². The molecular weight excluding hydrogens is 336 g/mol. The molecule has 1 atom stereocenters. The van der Waals surface area contributed by atoms with Crippen molar-refractivity contribution in [1.29, 1.82) is 0 Å². The fourth-order valence-electron chi connectivity index (χ4n) is 2.83. The Balaban J connectivity index is 2.21. The smallest absolute Gasteiger partial charge is 0.284 e. The maximum Gasteiger partial charge on any atom is 0.284 e. The maximum atomic E-state index is 12.4. The van der Waals surface area contributed by atoms with Crippen LogP contribution in [0.1, 0.15) is 49.9 Å². The van der Waals surface area contributed by atoms with Gasteiger partial charge in [0, 0.05) is 12.1 Å². The van der Waals surface area contributed by atoms with Gasteiger partial charge >= 0.3 is 0 Å². The molecule has 114 valence electrons. The van der Waals surface area contributed by atoms with E-state index < -0.39 is 4.92 Å². The quantitative estimate of drug-likeness (QED) is 0.657. The van der Waals surface area contributed by atoms with Gasteiger partial charge in [0.05, 0.1) is 10.5 Å². The zero-order valence-electron chi connectivity index (χ0n) is 12.2. The van der Waals surface area contributed by atoms with Gasteiger partial charge in [-0.25, -0.2) is 0 Å². The van der Waals surface area contributed by atoms with Crippen LogP contribution < -0.4 is 5.32 Å².